The number of carbonyl (C=O) groups excluding carboxylic acids is 1. The summed E-state index contributed by atoms with van der Waals surface area (Å²) in [5.41, 5.74) is 0.182. The van der Waals surface area contributed by atoms with Crippen molar-refractivity contribution in [1.29, 1.82) is 0 Å². The van der Waals surface area contributed by atoms with Gasteiger partial charge in [0.2, 0.25) is 5.91 Å². The Bertz CT molecular complexity index is 232. The minimum atomic E-state index is 0.0375. The largest absolute Gasteiger partial charge is 0.395 e. The molecule has 1 amide bonds. The fourth-order valence-electron chi connectivity index (χ4n) is 2.29. The van der Waals surface area contributed by atoms with E-state index in [1.807, 2.05) is 0 Å². The highest BCUT2D eigenvalue weighted by molar-refractivity contribution is 5.84. The van der Waals surface area contributed by atoms with Crippen molar-refractivity contribution in [2.45, 2.75) is 27.7 Å². The van der Waals surface area contributed by atoms with Crippen LogP contribution in [-0.4, -0.2) is 36.1 Å². The lowest BCUT2D eigenvalue weighted by molar-refractivity contribution is -0.132. The molecule has 3 nitrogen and oxygen atoms in total. The van der Waals surface area contributed by atoms with Crippen molar-refractivity contribution in [1.82, 2.24) is 4.90 Å². The topological polar surface area (TPSA) is 40.5 Å². The lowest BCUT2D eigenvalue weighted by Gasteiger charge is -2.16. The molecule has 0 heterocycles. The van der Waals surface area contributed by atoms with Crippen LogP contribution in [0.25, 0.3) is 0 Å². The molecule has 1 aliphatic rings. The molecular weight excluding hydrogens is 178 g/mol. The third-order valence-electron chi connectivity index (χ3n) is 4.08. The van der Waals surface area contributed by atoms with Gasteiger partial charge in [-0.2, -0.15) is 0 Å². The molecule has 1 N–H and O–H groups in total. The number of aliphatic hydroxyl groups is 1. The van der Waals surface area contributed by atoms with Crippen molar-refractivity contribution in [3.05, 3.63) is 0 Å². The predicted molar refractivity (Wildman–Crippen MR) is 55.8 cm³/mol. The second-order valence-corrected chi connectivity index (χ2v) is 5.36. The molecule has 1 aliphatic carbocycles. The first-order valence-electron chi connectivity index (χ1n) is 5.12. The maximum absolute atomic E-state index is 11.9. The van der Waals surface area contributed by atoms with Gasteiger partial charge >= 0.3 is 0 Å². The Hall–Kier alpha value is -0.570. The molecule has 14 heavy (non-hydrogen) atoms. The molecule has 0 radical (unpaired) electrons. The van der Waals surface area contributed by atoms with Crippen LogP contribution < -0.4 is 0 Å². The summed E-state index contributed by atoms with van der Waals surface area (Å²) in [6.45, 7) is 8.98. The van der Waals surface area contributed by atoms with Crippen molar-refractivity contribution in [3.8, 4) is 0 Å². The van der Waals surface area contributed by atoms with Crippen LogP contribution in [0, 0.1) is 16.7 Å². The Morgan fingerprint density at radius 3 is 2.00 bits per heavy atom. The molecule has 0 aromatic rings. The number of nitrogens with zero attached hydrogens (tertiary/aromatic N) is 1. The Balaban J connectivity index is 2.66. The summed E-state index contributed by atoms with van der Waals surface area (Å²) in [7, 11) is 1.75. The molecule has 82 valence electrons. The SMILES string of the molecule is CN(CCO)C(=O)C1C(C)(C)C1(C)C. The van der Waals surface area contributed by atoms with E-state index in [2.05, 4.69) is 27.7 Å². The van der Waals surface area contributed by atoms with Crippen molar-refractivity contribution in [2.24, 2.45) is 16.7 Å². The molecule has 0 spiro atoms. The summed E-state index contributed by atoms with van der Waals surface area (Å²) in [6.07, 6.45) is 0. The van der Waals surface area contributed by atoms with Gasteiger partial charge in [-0.15, -0.1) is 0 Å². The number of carbonyl (C=O) groups is 1. The van der Waals surface area contributed by atoms with Crippen molar-refractivity contribution in [2.75, 3.05) is 20.2 Å². The van der Waals surface area contributed by atoms with E-state index < -0.39 is 0 Å². The van der Waals surface area contributed by atoms with Crippen LogP contribution in [0.1, 0.15) is 27.7 Å². The molecule has 0 bridgehead atoms. The Kier molecular flexibility index (Phi) is 2.65. The maximum Gasteiger partial charge on any atom is 0.226 e. The first kappa shape index (κ1) is 11.5. The van der Waals surface area contributed by atoms with Gasteiger partial charge in [0.05, 0.1) is 6.61 Å². The van der Waals surface area contributed by atoms with Gasteiger partial charge in [-0.25, -0.2) is 0 Å². The first-order chi connectivity index (χ1) is 6.26. The second kappa shape index (κ2) is 3.23. The molecule has 0 aliphatic heterocycles. The molecule has 0 atom stereocenters. The normalized spacial score (nSPS) is 23.3. The average molecular weight is 199 g/mol. The van der Waals surface area contributed by atoms with Crippen LogP contribution in [-0.2, 0) is 4.79 Å². The van der Waals surface area contributed by atoms with Crippen molar-refractivity contribution >= 4 is 5.91 Å². The zero-order valence-electron chi connectivity index (χ0n) is 9.79. The van der Waals surface area contributed by atoms with Crippen LogP contribution in [0.4, 0.5) is 0 Å². The third-order valence-corrected chi connectivity index (χ3v) is 4.08. The fraction of sp³-hybridized carbons (Fsp3) is 0.909. The molecule has 0 aromatic carbocycles. The minimum absolute atomic E-state index is 0.0375. The predicted octanol–water partition coefficient (Wildman–Crippen LogP) is 1.12. The maximum atomic E-state index is 11.9. The van der Waals surface area contributed by atoms with Gasteiger partial charge in [-0.05, 0) is 10.8 Å². The van der Waals surface area contributed by atoms with Gasteiger partial charge in [-0.3, -0.25) is 4.79 Å². The van der Waals surface area contributed by atoms with Gasteiger partial charge < -0.3 is 10.0 Å². The average Bonchev–Trinajstić information content (AvgIpc) is 2.42. The number of rotatable bonds is 3. The molecule has 0 saturated heterocycles. The van der Waals surface area contributed by atoms with Crippen molar-refractivity contribution < 1.29 is 9.90 Å². The van der Waals surface area contributed by atoms with E-state index in [0.29, 0.717) is 6.54 Å². The monoisotopic (exact) mass is 199 g/mol. The highest BCUT2D eigenvalue weighted by Crippen LogP contribution is 2.68. The van der Waals surface area contributed by atoms with Crippen LogP contribution in [0.15, 0.2) is 0 Å². The van der Waals surface area contributed by atoms with E-state index >= 15 is 0 Å². The van der Waals surface area contributed by atoms with E-state index in [9.17, 15) is 4.79 Å². The van der Waals surface area contributed by atoms with Crippen LogP contribution in [0.3, 0.4) is 0 Å². The smallest absolute Gasteiger partial charge is 0.226 e. The van der Waals surface area contributed by atoms with Crippen molar-refractivity contribution in [3.63, 3.8) is 0 Å². The zero-order chi connectivity index (χ0) is 11.1. The van der Waals surface area contributed by atoms with Gasteiger partial charge in [0.25, 0.3) is 0 Å². The number of amides is 1. The third kappa shape index (κ3) is 1.44. The number of likely N-dealkylation sites (N-methyl/N-ethyl adjacent to an activating group) is 1. The summed E-state index contributed by atoms with van der Waals surface area (Å²) in [4.78, 5) is 13.6. The van der Waals surface area contributed by atoms with Gasteiger partial charge in [0, 0.05) is 19.5 Å². The quantitative estimate of drug-likeness (QED) is 0.740. The number of hydrogen-bond acceptors (Lipinski definition) is 2. The molecule has 3 heteroatoms. The van der Waals surface area contributed by atoms with Crippen LogP contribution >= 0.6 is 0 Å². The summed E-state index contributed by atoms with van der Waals surface area (Å²) in [6, 6.07) is 0. The van der Waals surface area contributed by atoms with Crippen LogP contribution in [0.2, 0.25) is 0 Å². The van der Waals surface area contributed by atoms with E-state index in [4.69, 9.17) is 5.11 Å². The standard InChI is InChI=1S/C11H21NO2/c1-10(2)8(11(10,3)4)9(14)12(5)6-7-13/h8,13H,6-7H2,1-5H3. The molecule has 1 saturated carbocycles. The van der Waals surface area contributed by atoms with E-state index in [-0.39, 0.29) is 29.3 Å². The molecule has 0 aromatic heterocycles. The lowest BCUT2D eigenvalue weighted by Crippen LogP contribution is -2.32. The molecule has 1 rings (SSSR count). The highest BCUT2D eigenvalue weighted by Gasteiger charge is 2.68. The first-order valence-corrected chi connectivity index (χ1v) is 5.12. The van der Waals surface area contributed by atoms with E-state index in [1.165, 1.54) is 0 Å². The number of aliphatic hydroxyl groups excluding tert-OH is 1. The zero-order valence-corrected chi connectivity index (χ0v) is 9.79. The van der Waals surface area contributed by atoms with E-state index in [1.54, 1.807) is 11.9 Å². The Morgan fingerprint density at radius 2 is 1.71 bits per heavy atom. The molecule has 0 unspecified atom stereocenters. The Labute approximate surface area is 86.1 Å². The minimum Gasteiger partial charge on any atom is -0.395 e. The summed E-state index contributed by atoms with van der Waals surface area (Å²) >= 11 is 0. The second-order valence-electron chi connectivity index (χ2n) is 5.36. The van der Waals surface area contributed by atoms with Gasteiger partial charge in [0.15, 0.2) is 0 Å². The number of hydrogen-bond donors (Lipinski definition) is 1. The summed E-state index contributed by atoms with van der Waals surface area (Å²) < 4.78 is 0. The fourth-order valence-corrected chi connectivity index (χ4v) is 2.29. The van der Waals surface area contributed by atoms with Gasteiger partial charge in [-0.1, -0.05) is 27.7 Å². The van der Waals surface area contributed by atoms with Gasteiger partial charge in [0.1, 0.15) is 0 Å². The highest BCUT2D eigenvalue weighted by atomic mass is 16.3. The molecular formula is C11H21NO2. The molecule has 1 fully saturated rings. The van der Waals surface area contributed by atoms with E-state index in [0.717, 1.165) is 0 Å². The van der Waals surface area contributed by atoms with Crippen LogP contribution in [0.5, 0.6) is 0 Å². The summed E-state index contributed by atoms with van der Waals surface area (Å²) in [5, 5.41) is 8.75. The summed E-state index contributed by atoms with van der Waals surface area (Å²) in [5.74, 6) is 0.264. The lowest BCUT2D eigenvalue weighted by atomic mass is 10.0. The Morgan fingerprint density at radius 1 is 1.29 bits per heavy atom.